The molecule has 4 rings (SSSR count). The topological polar surface area (TPSA) is 117 Å². The Morgan fingerprint density at radius 2 is 1.75 bits per heavy atom. The van der Waals surface area contributed by atoms with E-state index in [1.807, 2.05) is 43.3 Å². The summed E-state index contributed by atoms with van der Waals surface area (Å²) in [5.41, 5.74) is 10.6. The summed E-state index contributed by atoms with van der Waals surface area (Å²) in [6, 6.07) is 13.9. The minimum Gasteiger partial charge on any atom is -0.507 e. The normalized spacial score (nSPS) is 15.8. The Morgan fingerprint density at radius 1 is 1.11 bits per heavy atom. The van der Waals surface area contributed by atoms with E-state index in [-0.39, 0.29) is 22.5 Å². The van der Waals surface area contributed by atoms with Gasteiger partial charge in [-0.05, 0) is 46.6 Å². The summed E-state index contributed by atoms with van der Waals surface area (Å²) >= 11 is 0. The zero-order valence-corrected chi connectivity index (χ0v) is 22.0. The van der Waals surface area contributed by atoms with Crippen LogP contribution in [0.2, 0.25) is 0 Å². The van der Waals surface area contributed by atoms with Crippen LogP contribution in [0, 0.1) is 11.3 Å². The Hall–Kier alpha value is -3.92. The summed E-state index contributed by atoms with van der Waals surface area (Å²) in [4.78, 5) is 0. The predicted octanol–water partition coefficient (Wildman–Crippen LogP) is 5.99. The molecule has 3 aromatic rings. The number of aromatic nitrogens is 2. The number of rotatable bonds is 4. The number of nitriles is 1. The van der Waals surface area contributed by atoms with Gasteiger partial charge in [0.15, 0.2) is 0 Å². The summed E-state index contributed by atoms with van der Waals surface area (Å²) < 4.78 is 11.5. The second-order valence-corrected chi connectivity index (χ2v) is 11.2. The van der Waals surface area contributed by atoms with Crippen LogP contribution >= 0.6 is 0 Å². The molecule has 2 heterocycles. The molecule has 0 radical (unpaired) electrons. The number of ether oxygens (including phenoxy) is 2. The molecule has 1 aliphatic heterocycles. The third kappa shape index (κ3) is 4.39. The zero-order chi connectivity index (χ0) is 26.4. The molecule has 2 aromatic carbocycles. The molecule has 1 atom stereocenters. The number of benzene rings is 2. The summed E-state index contributed by atoms with van der Waals surface area (Å²) in [5.74, 6) is 0.830. The Balaban J connectivity index is 2.02. The highest BCUT2D eigenvalue weighted by molar-refractivity contribution is 5.72. The minimum atomic E-state index is -0.536. The van der Waals surface area contributed by atoms with E-state index < -0.39 is 5.92 Å². The van der Waals surface area contributed by atoms with E-state index in [0.717, 1.165) is 39.3 Å². The van der Waals surface area contributed by atoms with Crippen LogP contribution < -0.4 is 15.2 Å². The highest BCUT2D eigenvalue weighted by Gasteiger charge is 2.38. The van der Waals surface area contributed by atoms with Crippen molar-refractivity contribution in [3.63, 3.8) is 0 Å². The summed E-state index contributed by atoms with van der Waals surface area (Å²) in [7, 11) is 0. The van der Waals surface area contributed by atoms with Crippen LogP contribution in [0.5, 0.6) is 17.4 Å². The van der Waals surface area contributed by atoms with Gasteiger partial charge in [-0.2, -0.15) is 5.26 Å². The van der Waals surface area contributed by atoms with Crippen LogP contribution in [-0.4, -0.2) is 21.9 Å². The fourth-order valence-corrected chi connectivity index (χ4v) is 4.67. The van der Waals surface area contributed by atoms with Crippen molar-refractivity contribution in [2.24, 2.45) is 5.73 Å². The SMILES string of the molecule is CCOc1cccc(-c2[nH]nc3c2C(c2cc(C(C)(C)C)c(O)c(C(C)(C)C)c2)C(C#N)=C(N)O3)c1. The first-order valence-electron chi connectivity index (χ1n) is 12.1. The number of nitrogens with zero attached hydrogens (tertiary/aromatic N) is 2. The maximum Gasteiger partial charge on any atom is 0.244 e. The van der Waals surface area contributed by atoms with Crippen LogP contribution in [0.4, 0.5) is 0 Å². The molecular formula is C29H34N4O3. The lowest BCUT2D eigenvalue weighted by Gasteiger charge is -2.31. The minimum absolute atomic E-state index is 0.0267. The second kappa shape index (κ2) is 8.94. The number of nitrogens with two attached hydrogens (primary N) is 1. The van der Waals surface area contributed by atoms with Gasteiger partial charge in [-0.3, -0.25) is 5.10 Å². The van der Waals surface area contributed by atoms with Crippen LogP contribution in [-0.2, 0) is 10.8 Å². The van der Waals surface area contributed by atoms with Crippen LogP contribution in [0.1, 0.15) is 76.6 Å². The third-order valence-electron chi connectivity index (χ3n) is 6.45. The Morgan fingerprint density at radius 3 is 2.31 bits per heavy atom. The van der Waals surface area contributed by atoms with E-state index in [9.17, 15) is 10.4 Å². The maximum absolute atomic E-state index is 11.3. The van der Waals surface area contributed by atoms with Gasteiger partial charge in [0, 0.05) is 5.56 Å². The molecular weight excluding hydrogens is 452 g/mol. The predicted molar refractivity (Wildman–Crippen MR) is 140 cm³/mol. The Kier molecular flexibility index (Phi) is 6.25. The largest absolute Gasteiger partial charge is 0.507 e. The van der Waals surface area contributed by atoms with Crippen LogP contribution in [0.15, 0.2) is 47.9 Å². The van der Waals surface area contributed by atoms with Crippen molar-refractivity contribution in [2.75, 3.05) is 6.61 Å². The first-order valence-corrected chi connectivity index (χ1v) is 12.1. The van der Waals surface area contributed by atoms with Crippen LogP contribution in [0.25, 0.3) is 11.3 Å². The van der Waals surface area contributed by atoms with Gasteiger partial charge in [0.2, 0.25) is 11.8 Å². The maximum atomic E-state index is 11.3. The van der Waals surface area contributed by atoms with Crippen molar-refractivity contribution in [3.05, 3.63) is 70.1 Å². The molecule has 0 spiro atoms. The molecule has 36 heavy (non-hydrogen) atoms. The molecule has 188 valence electrons. The number of H-pyrrole nitrogens is 1. The molecule has 1 aromatic heterocycles. The smallest absolute Gasteiger partial charge is 0.244 e. The van der Waals surface area contributed by atoms with E-state index in [1.54, 1.807) is 0 Å². The van der Waals surface area contributed by atoms with Gasteiger partial charge in [0.1, 0.15) is 23.1 Å². The van der Waals surface area contributed by atoms with E-state index in [4.69, 9.17) is 15.2 Å². The second-order valence-electron chi connectivity index (χ2n) is 11.2. The molecule has 0 amide bonds. The van der Waals surface area contributed by atoms with E-state index >= 15 is 0 Å². The van der Waals surface area contributed by atoms with Gasteiger partial charge < -0.3 is 20.3 Å². The number of aromatic amines is 1. The summed E-state index contributed by atoms with van der Waals surface area (Å²) in [6.45, 7) is 14.9. The number of aromatic hydroxyl groups is 1. The van der Waals surface area contributed by atoms with Crippen molar-refractivity contribution < 1.29 is 14.6 Å². The van der Waals surface area contributed by atoms with Gasteiger partial charge in [-0.25, -0.2) is 0 Å². The molecule has 0 saturated carbocycles. The number of hydrogen-bond donors (Lipinski definition) is 3. The molecule has 7 heteroatoms. The van der Waals surface area contributed by atoms with Crippen molar-refractivity contribution in [1.82, 2.24) is 10.2 Å². The quantitative estimate of drug-likeness (QED) is 0.417. The fourth-order valence-electron chi connectivity index (χ4n) is 4.67. The number of fused-ring (bicyclic) bond motifs is 1. The van der Waals surface area contributed by atoms with Crippen molar-refractivity contribution >= 4 is 0 Å². The molecule has 0 bridgehead atoms. The van der Waals surface area contributed by atoms with E-state index in [2.05, 4.69) is 57.8 Å². The average molecular weight is 487 g/mol. The van der Waals surface area contributed by atoms with Gasteiger partial charge in [0.25, 0.3) is 0 Å². The van der Waals surface area contributed by atoms with E-state index in [0.29, 0.717) is 18.1 Å². The van der Waals surface area contributed by atoms with Crippen molar-refractivity contribution in [2.45, 2.75) is 65.2 Å². The van der Waals surface area contributed by atoms with E-state index in [1.165, 1.54) is 0 Å². The number of phenolic OH excluding ortho intramolecular Hbond substituents is 1. The van der Waals surface area contributed by atoms with Crippen LogP contribution in [0.3, 0.4) is 0 Å². The average Bonchev–Trinajstić information content (AvgIpc) is 3.20. The molecule has 0 saturated heterocycles. The van der Waals surface area contributed by atoms with Gasteiger partial charge >= 0.3 is 0 Å². The molecule has 4 N–H and O–H groups in total. The lowest BCUT2D eigenvalue weighted by atomic mass is 9.74. The van der Waals surface area contributed by atoms with Gasteiger partial charge in [-0.15, -0.1) is 5.10 Å². The van der Waals surface area contributed by atoms with Crippen molar-refractivity contribution in [1.29, 1.82) is 5.26 Å². The Labute approximate surface area is 212 Å². The number of allylic oxidation sites excluding steroid dienone is 1. The summed E-state index contributed by atoms with van der Waals surface area (Å²) in [5, 5.41) is 28.9. The fraction of sp³-hybridized carbons (Fsp3) is 0.379. The highest BCUT2D eigenvalue weighted by atomic mass is 16.5. The van der Waals surface area contributed by atoms with Crippen molar-refractivity contribution in [3.8, 4) is 34.7 Å². The lowest BCUT2D eigenvalue weighted by Crippen LogP contribution is -2.23. The first kappa shape index (κ1) is 25.2. The monoisotopic (exact) mass is 486 g/mol. The highest BCUT2D eigenvalue weighted by Crippen LogP contribution is 2.49. The Bertz CT molecular complexity index is 1350. The first-order chi connectivity index (χ1) is 16.9. The standard InChI is InChI=1S/C29H34N4O3/c1-8-35-18-11-9-10-16(12-18)24-23-22(19(15-30)26(31)36-27(23)33-32-24)17-13-20(28(2,3)4)25(34)21(14-17)29(5,6)7/h9-14,22,34H,8,31H2,1-7H3,(H,32,33). The molecule has 1 unspecified atom stereocenters. The van der Waals surface area contributed by atoms with Gasteiger partial charge in [0.05, 0.1) is 23.8 Å². The lowest BCUT2D eigenvalue weighted by molar-refractivity contribution is 0.340. The van der Waals surface area contributed by atoms with Gasteiger partial charge in [-0.1, -0.05) is 65.8 Å². The summed E-state index contributed by atoms with van der Waals surface area (Å²) in [6.07, 6.45) is 0. The molecule has 7 nitrogen and oxygen atoms in total. The number of phenols is 1. The zero-order valence-electron chi connectivity index (χ0n) is 22.0. The molecule has 0 fully saturated rings. The number of nitrogens with one attached hydrogen (secondary N) is 1. The third-order valence-corrected chi connectivity index (χ3v) is 6.45. The molecule has 1 aliphatic rings. The number of hydrogen-bond acceptors (Lipinski definition) is 6. The molecule has 0 aliphatic carbocycles.